The van der Waals surface area contributed by atoms with E-state index in [0.29, 0.717) is 29.2 Å². The second-order valence-corrected chi connectivity index (χ2v) is 9.21. The summed E-state index contributed by atoms with van der Waals surface area (Å²) in [6.07, 6.45) is 1.97. The molecule has 1 fully saturated rings. The van der Waals surface area contributed by atoms with Crippen LogP contribution in [0.15, 0.2) is 36.4 Å². The molecule has 1 N–H and O–H groups in total. The second kappa shape index (κ2) is 9.22. The Kier molecular flexibility index (Phi) is 6.13. The van der Waals surface area contributed by atoms with Crippen molar-refractivity contribution >= 4 is 28.8 Å². The largest absolute Gasteiger partial charge is 0.487 e. The molecule has 0 spiro atoms. The molecule has 1 atom stereocenters. The Balaban J connectivity index is 1.35. The molecular formula is C27H30FN3O3. The molecule has 2 aromatic rings. The van der Waals surface area contributed by atoms with Crippen molar-refractivity contribution in [2.24, 2.45) is 5.92 Å². The van der Waals surface area contributed by atoms with Crippen LogP contribution in [-0.4, -0.2) is 47.8 Å². The number of halogens is 1. The molecule has 178 valence electrons. The summed E-state index contributed by atoms with van der Waals surface area (Å²) >= 11 is 0. The summed E-state index contributed by atoms with van der Waals surface area (Å²) in [6, 6.07) is 10.5. The van der Waals surface area contributed by atoms with Crippen molar-refractivity contribution in [1.29, 1.82) is 0 Å². The molecule has 0 bridgehead atoms. The predicted molar refractivity (Wildman–Crippen MR) is 129 cm³/mol. The van der Waals surface area contributed by atoms with E-state index < -0.39 is 0 Å². The van der Waals surface area contributed by atoms with E-state index >= 15 is 0 Å². The summed E-state index contributed by atoms with van der Waals surface area (Å²) in [7, 11) is 0. The van der Waals surface area contributed by atoms with Crippen molar-refractivity contribution in [1.82, 2.24) is 9.80 Å². The number of carbonyl (C=O) groups is 2. The van der Waals surface area contributed by atoms with Crippen molar-refractivity contribution < 1.29 is 18.7 Å². The highest BCUT2D eigenvalue weighted by atomic mass is 19.1. The normalized spacial score (nSPS) is 21.6. The van der Waals surface area contributed by atoms with Gasteiger partial charge in [0.05, 0.1) is 11.5 Å². The van der Waals surface area contributed by atoms with Crippen molar-refractivity contribution in [3.8, 4) is 0 Å². The first kappa shape index (κ1) is 22.6. The number of hydrogen-bond donors (Lipinski definition) is 1. The van der Waals surface area contributed by atoms with Crippen LogP contribution in [0, 0.1) is 11.7 Å². The second-order valence-electron chi connectivity index (χ2n) is 9.21. The van der Waals surface area contributed by atoms with Crippen LogP contribution < -0.4 is 5.32 Å². The number of hydrogen-bond acceptors (Lipinski definition) is 4. The molecule has 0 radical (unpaired) electrons. The van der Waals surface area contributed by atoms with Gasteiger partial charge < -0.3 is 15.0 Å². The van der Waals surface area contributed by atoms with Crippen LogP contribution in [0.4, 0.5) is 10.1 Å². The molecule has 5 rings (SSSR count). The number of piperidine rings is 1. The lowest BCUT2D eigenvalue weighted by molar-refractivity contribution is -0.137. The summed E-state index contributed by atoms with van der Waals surface area (Å²) in [6.45, 7) is 8.48. The molecule has 3 aliphatic heterocycles. The van der Waals surface area contributed by atoms with Gasteiger partial charge in [-0.3, -0.25) is 14.5 Å². The molecule has 0 aliphatic carbocycles. The van der Waals surface area contributed by atoms with Crippen molar-refractivity contribution in [3.63, 3.8) is 0 Å². The van der Waals surface area contributed by atoms with Gasteiger partial charge in [0.1, 0.15) is 18.2 Å². The minimum absolute atomic E-state index is 0.0593. The number of nitrogens with zero attached hydrogens (tertiary/aromatic N) is 2. The molecule has 2 amide bonds. The van der Waals surface area contributed by atoms with Crippen LogP contribution in [0.3, 0.4) is 0 Å². The maximum Gasteiger partial charge on any atom is 0.260 e. The van der Waals surface area contributed by atoms with Gasteiger partial charge in [0, 0.05) is 48.6 Å². The summed E-state index contributed by atoms with van der Waals surface area (Å²) in [5.74, 6) is 0.168. The van der Waals surface area contributed by atoms with Gasteiger partial charge in [0.15, 0.2) is 0 Å². The third kappa shape index (κ3) is 4.09. The molecule has 1 unspecified atom stereocenters. The fourth-order valence-corrected chi connectivity index (χ4v) is 5.34. The number of nitrogens with one attached hydrogen (secondary N) is 1. The van der Waals surface area contributed by atoms with E-state index in [1.165, 1.54) is 12.1 Å². The molecule has 3 aliphatic rings. The summed E-state index contributed by atoms with van der Waals surface area (Å²) < 4.78 is 19.8. The van der Waals surface area contributed by atoms with Gasteiger partial charge in [-0.25, -0.2) is 4.39 Å². The van der Waals surface area contributed by atoms with Crippen molar-refractivity contribution in [3.05, 3.63) is 64.5 Å². The third-order valence-corrected chi connectivity index (χ3v) is 7.08. The highest BCUT2D eigenvalue weighted by Gasteiger charge is 2.33. The zero-order chi connectivity index (χ0) is 23.8. The van der Waals surface area contributed by atoms with Crippen LogP contribution >= 0.6 is 0 Å². The van der Waals surface area contributed by atoms with E-state index in [1.54, 1.807) is 6.07 Å². The molecule has 7 heteroatoms. The average Bonchev–Trinajstić information content (AvgIpc) is 3.38. The van der Waals surface area contributed by atoms with E-state index in [0.717, 1.165) is 62.3 Å². The van der Waals surface area contributed by atoms with E-state index in [2.05, 4.69) is 22.3 Å². The van der Waals surface area contributed by atoms with Crippen LogP contribution in [0.1, 0.15) is 48.9 Å². The number of ether oxygens (including phenoxy) is 1. The van der Waals surface area contributed by atoms with Crippen LogP contribution in [0.5, 0.6) is 0 Å². The lowest BCUT2D eigenvalue weighted by Gasteiger charge is -2.34. The van der Waals surface area contributed by atoms with Gasteiger partial charge in [-0.15, -0.1) is 0 Å². The first-order chi connectivity index (χ1) is 16.5. The fourth-order valence-electron chi connectivity index (χ4n) is 5.34. The Hall–Kier alpha value is -3.19. The van der Waals surface area contributed by atoms with Gasteiger partial charge in [-0.1, -0.05) is 18.2 Å². The Labute approximate surface area is 199 Å². The van der Waals surface area contributed by atoms with E-state index in [1.807, 2.05) is 24.8 Å². The number of carbonyl (C=O) groups excluding carboxylic acids is 2. The van der Waals surface area contributed by atoms with Crippen LogP contribution in [0.2, 0.25) is 0 Å². The molecule has 3 heterocycles. The topological polar surface area (TPSA) is 61.9 Å². The lowest BCUT2D eigenvalue weighted by atomic mass is 9.95. The lowest BCUT2D eigenvalue weighted by Crippen LogP contribution is -2.44. The number of benzene rings is 2. The molecular weight excluding hydrogens is 433 g/mol. The van der Waals surface area contributed by atoms with Crippen molar-refractivity contribution in [2.45, 2.75) is 39.8 Å². The zero-order valence-electron chi connectivity index (χ0n) is 19.7. The average molecular weight is 464 g/mol. The van der Waals surface area contributed by atoms with E-state index in [9.17, 15) is 14.0 Å². The van der Waals surface area contributed by atoms with Crippen molar-refractivity contribution in [2.75, 3.05) is 31.5 Å². The van der Waals surface area contributed by atoms with Gasteiger partial charge >= 0.3 is 0 Å². The highest BCUT2D eigenvalue weighted by molar-refractivity contribution is 6.36. The van der Waals surface area contributed by atoms with Gasteiger partial charge in [0.2, 0.25) is 5.91 Å². The first-order valence-corrected chi connectivity index (χ1v) is 12.1. The SMILES string of the molecule is CCN(CC)C(=O)C1CCCN(Cc2ccc3c(c2)CO/C3=C2/C(=O)Nc3ccc(F)cc32)C1. The molecule has 0 saturated carbocycles. The van der Waals surface area contributed by atoms with Crippen LogP contribution in [-0.2, 0) is 27.5 Å². The summed E-state index contributed by atoms with van der Waals surface area (Å²) in [4.78, 5) is 29.8. The van der Waals surface area contributed by atoms with Gasteiger partial charge in [0.25, 0.3) is 5.91 Å². The number of likely N-dealkylation sites (tertiary alicyclic amines) is 1. The molecule has 34 heavy (non-hydrogen) atoms. The zero-order valence-corrected chi connectivity index (χ0v) is 19.7. The number of rotatable bonds is 5. The van der Waals surface area contributed by atoms with Gasteiger partial charge in [-0.2, -0.15) is 0 Å². The maximum absolute atomic E-state index is 13.9. The Morgan fingerprint density at radius 2 is 2.00 bits per heavy atom. The summed E-state index contributed by atoms with van der Waals surface area (Å²) in [5.41, 5.74) is 4.57. The third-order valence-electron chi connectivity index (χ3n) is 7.08. The number of anilines is 1. The summed E-state index contributed by atoms with van der Waals surface area (Å²) in [5, 5.41) is 2.80. The Morgan fingerprint density at radius 3 is 2.79 bits per heavy atom. The quantitative estimate of drug-likeness (QED) is 0.674. The number of amides is 2. The monoisotopic (exact) mass is 463 g/mol. The molecule has 6 nitrogen and oxygen atoms in total. The molecule has 1 saturated heterocycles. The standard InChI is InChI=1S/C27H30FN3O3/c1-3-31(4-2)27(33)18-6-5-11-30(15-18)14-17-7-9-21-19(12-17)16-34-25(21)24-22-13-20(28)8-10-23(22)29-26(24)32/h7-10,12-13,18H,3-6,11,14-16H2,1-2H3,(H,29,32)/b25-24+. The smallest absolute Gasteiger partial charge is 0.260 e. The maximum atomic E-state index is 13.9. The van der Waals surface area contributed by atoms with E-state index in [-0.39, 0.29) is 23.5 Å². The Morgan fingerprint density at radius 1 is 1.18 bits per heavy atom. The first-order valence-electron chi connectivity index (χ1n) is 12.1. The molecule has 0 aromatic heterocycles. The molecule has 2 aromatic carbocycles. The van der Waals surface area contributed by atoms with Gasteiger partial charge in [-0.05, 0) is 57.0 Å². The minimum Gasteiger partial charge on any atom is -0.487 e. The predicted octanol–water partition coefficient (Wildman–Crippen LogP) is 4.26. The van der Waals surface area contributed by atoms with E-state index in [4.69, 9.17) is 4.74 Å². The highest BCUT2D eigenvalue weighted by Crippen LogP contribution is 2.42. The Bertz CT molecular complexity index is 1170. The van der Waals surface area contributed by atoms with Crippen LogP contribution in [0.25, 0.3) is 11.3 Å². The minimum atomic E-state index is -0.388. The number of fused-ring (bicyclic) bond motifs is 2. The fraction of sp³-hybridized carbons (Fsp3) is 0.407.